The van der Waals surface area contributed by atoms with Crippen LogP contribution in [0.1, 0.15) is 34.0 Å². The van der Waals surface area contributed by atoms with Crippen LogP contribution in [0, 0.1) is 12.7 Å². The van der Waals surface area contributed by atoms with Gasteiger partial charge in [0, 0.05) is 25.3 Å². The van der Waals surface area contributed by atoms with Crippen molar-refractivity contribution in [2.45, 2.75) is 25.9 Å². The summed E-state index contributed by atoms with van der Waals surface area (Å²) >= 11 is 1.38. The van der Waals surface area contributed by atoms with Gasteiger partial charge in [-0.2, -0.15) is 4.98 Å². The van der Waals surface area contributed by atoms with E-state index in [0.29, 0.717) is 34.7 Å². The predicted octanol–water partition coefficient (Wildman–Crippen LogP) is 1.89. The normalized spacial score (nSPS) is 15.6. The number of fused-ring (bicyclic) bond motifs is 1. The molecule has 4 heterocycles. The second-order valence-electron chi connectivity index (χ2n) is 6.55. The molecule has 3 aromatic rings. The Morgan fingerprint density at radius 1 is 1.37 bits per heavy atom. The summed E-state index contributed by atoms with van der Waals surface area (Å²) in [6.07, 6.45) is 2.71. The number of halogens is 1. The molecule has 1 aliphatic rings. The minimum Gasteiger partial charge on any atom is -0.348 e. The molecule has 3 N–H and O–H groups in total. The highest BCUT2D eigenvalue weighted by molar-refractivity contribution is 7.18. The highest BCUT2D eigenvalue weighted by atomic mass is 32.1. The molecule has 0 aliphatic carbocycles. The fourth-order valence-corrected chi connectivity index (χ4v) is 3.75. The van der Waals surface area contributed by atoms with E-state index in [2.05, 4.69) is 25.3 Å². The molecule has 1 amide bonds. The molecule has 27 heavy (non-hydrogen) atoms. The largest absolute Gasteiger partial charge is 0.348 e. The summed E-state index contributed by atoms with van der Waals surface area (Å²) in [6.45, 7) is 4.72. The third-order valence-electron chi connectivity index (χ3n) is 4.33. The first-order chi connectivity index (χ1) is 12.9. The summed E-state index contributed by atoms with van der Waals surface area (Å²) in [7, 11) is 0. The average molecular weight is 387 g/mol. The fraction of sp³-hybridized carbons (Fsp3) is 0.353. The maximum Gasteiger partial charge on any atom is 0.274 e. The molecular weight excluding hydrogens is 369 g/mol. The zero-order valence-electron chi connectivity index (χ0n) is 14.8. The number of carbonyl (C=O) groups excluding carboxylic acids is 1. The highest BCUT2D eigenvalue weighted by Gasteiger charge is 2.31. The summed E-state index contributed by atoms with van der Waals surface area (Å²) < 4.78 is 14.1. The molecule has 8 nitrogen and oxygen atoms in total. The van der Waals surface area contributed by atoms with Gasteiger partial charge in [-0.05, 0) is 25.5 Å². The fourth-order valence-electron chi connectivity index (χ4n) is 2.91. The van der Waals surface area contributed by atoms with Crippen molar-refractivity contribution in [3.05, 3.63) is 40.5 Å². The van der Waals surface area contributed by atoms with Crippen molar-refractivity contribution < 1.29 is 9.18 Å². The summed E-state index contributed by atoms with van der Waals surface area (Å²) in [5.41, 5.74) is 7.21. The quantitative estimate of drug-likeness (QED) is 0.703. The van der Waals surface area contributed by atoms with Gasteiger partial charge in [0.25, 0.3) is 5.91 Å². The van der Waals surface area contributed by atoms with Gasteiger partial charge in [0.15, 0.2) is 11.3 Å². The van der Waals surface area contributed by atoms with Crippen molar-refractivity contribution in [2.24, 2.45) is 5.73 Å². The Kier molecular flexibility index (Phi) is 4.44. The number of rotatable bonds is 4. The second kappa shape index (κ2) is 6.78. The topological polar surface area (TPSA) is 110 Å². The summed E-state index contributed by atoms with van der Waals surface area (Å²) in [4.78, 5) is 31.6. The number of nitrogens with one attached hydrogen (secondary N) is 1. The standard InChI is InChI=1S/C17H18FN7OS/c1-8(10-3-11(18)5-20-4-10)21-17-23-13(16(26)25-6-12(19)7-25)14-15(24-17)22-9(2)27-14/h3-5,8,12H,6-7,19H2,1-2H3,(H,21,23,24)/t8-/m0/s1. The maximum absolute atomic E-state index is 13.4. The first-order valence-corrected chi connectivity index (χ1v) is 9.29. The lowest BCUT2D eigenvalue weighted by atomic mass is 10.1. The van der Waals surface area contributed by atoms with Crippen LogP contribution in [0.3, 0.4) is 0 Å². The molecule has 0 spiro atoms. The smallest absolute Gasteiger partial charge is 0.274 e. The number of nitrogens with zero attached hydrogens (tertiary/aromatic N) is 5. The first kappa shape index (κ1) is 17.7. The maximum atomic E-state index is 13.4. The number of aromatic nitrogens is 4. The Labute approximate surface area is 158 Å². The number of nitrogens with two attached hydrogens (primary N) is 1. The molecule has 4 rings (SSSR count). The van der Waals surface area contributed by atoms with Crippen LogP contribution in [-0.4, -0.2) is 49.9 Å². The van der Waals surface area contributed by atoms with Gasteiger partial charge in [0.1, 0.15) is 10.5 Å². The Hall–Kier alpha value is -2.72. The van der Waals surface area contributed by atoms with Crippen LogP contribution in [0.2, 0.25) is 0 Å². The van der Waals surface area contributed by atoms with Gasteiger partial charge in [-0.15, -0.1) is 11.3 Å². The van der Waals surface area contributed by atoms with Crippen LogP contribution in [0.4, 0.5) is 10.3 Å². The molecule has 0 radical (unpaired) electrons. The minimum absolute atomic E-state index is 0.00701. The lowest BCUT2D eigenvalue weighted by Crippen LogP contribution is -2.58. The first-order valence-electron chi connectivity index (χ1n) is 8.47. The molecule has 1 saturated heterocycles. The van der Waals surface area contributed by atoms with Gasteiger partial charge in [-0.3, -0.25) is 9.78 Å². The number of aryl methyl sites for hydroxylation is 1. The van der Waals surface area contributed by atoms with E-state index in [0.717, 1.165) is 11.2 Å². The number of pyridine rings is 1. The number of carbonyl (C=O) groups is 1. The molecule has 0 saturated carbocycles. The minimum atomic E-state index is -0.419. The second-order valence-corrected chi connectivity index (χ2v) is 7.76. The third kappa shape index (κ3) is 3.45. The van der Waals surface area contributed by atoms with Gasteiger partial charge in [-0.1, -0.05) is 0 Å². The van der Waals surface area contributed by atoms with E-state index in [-0.39, 0.29) is 23.9 Å². The van der Waals surface area contributed by atoms with Gasteiger partial charge in [-0.25, -0.2) is 14.4 Å². The molecule has 0 aromatic carbocycles. The van der Waals surface area contributed by atoms with Crippen molar-refractivity contribution in [3.63, 3.8) is 0 Å². The number of likely N-dealkylation sites (tertiary alicyclic amines) is 1. The average Bonchev–Trinajstić information content (AvgIpc) is 2.97. The van der Waals surface area contributed by atoms with E-state index in [4.69, 9.17) is 5.73 Å². The summed E-state index contributed by atoms with van der Waals surface area (Å²) in [6, 6.07) is 1.10. The van der Waals surface area contributed by atoms with Crippen LogP contribution < -0.4 is 11.1 Å². The van der Waals surface area contributed by atoms with Crippen LogP contribution >= 0.6 is 11.3 Å². The van der Waals surface area contributed by atoms with Crippen LogP contribution in [-0.2, 0) is 0 Å². The molecule has 140 valence electrons. The molecule has 1 atom stereocenters. The number of thiazole rings is 1. The SMILES string of the molecule is Cc1nc2nc(N[C@@H](C)c3cncc(F)c3)nc(C(=O)N3CC(N)C3)c2s1. The van der Waals surface area contributed by atoms with Crippen molar-refractivity contribution in [2.75, 3.05) is 18.4 Å². The van der Waals surface area contributed by atoms with E-state index in [1.165, 1.54) is 17.4 Å². The van der Waals surface area contributed by atoms with Gasteiger partial charge >= 0.3 is 0 Å². The van der Waals surface area contributed by atoms with Crippen LogP contribution in [0.5, 0.6) is 0 Å². The Morgan fingerprint density at radius 3 is 2.85 bits per heavy atom. The van der Waals surface area contributed by atoms with Gasteiger partial charge in [0.05, 0.1) is 17.2 Å². The monoisotopic (exact) mass is 387 g/mol. The van der Waals surface area contributed by atoms with Gasteiger partial charge < -0.3 is 16.0 Å². The van der Waals surface area contributed by atoms with Crippen molar-refractivity contribution in [1.29, 1.82) is 0 Å². The van der Waals surface area contributed by atoms with Gasteiger partial charge in [0.2, 0.25) is 5.95 Å². The zero-order chi connectivity index (χ0) is 19.1. The predicted molar refractivity (Wildman–Crippen MR) is 100 cm³/mol. The van der Waals surface area contributed by atoms with E-state index in [1.54, 1.807) is 11.1 Å². The Balaban J connectivity index is 1.68. The lowest BCUT2D eigenvalue weighted by molar-refractivity contribution is 0.0604. The number of amides is 1. The van der Waals surface area contributed by atoms with Crippen molar-refractivity contribution in [3.8, 4) is 0 Å². The molecule has 10 heteroatoms. The molecule has 1 aliphatic heterocycles. The van der Waals surface area contributed by atoms with E-state index in [1.807, 2.05) is 13.8 Å². The highest BCUT2D eigenvalue weighted by Crippen LogP contribution is 2.27. The van der Waals surface area contributed by atoms with E-state index < -0.39 is 5.82 Å². The molecule has 3 aromatic heterocycles. The number of anilines is 1. The Morgan fingerprint density at radius 2 is 2.15 bits per heavy atom. The third-order valence-corrected chi connectivity index (χ3v) is 5.30. The Bertz CT molecular complexity index is 1020. The van der Waals surface area contributed by atoms with Crippen LogP contribution in [0.15, 0.2) is 18.5 Å². The van der Waals surface area contributed by atoms with Crippen molar-refractivity contribution in [1.82, 2.24) is 24.8 Å². The molecule has 1 fully saturated rings. The van der Waals surface area contributed by atoms with E-state index >= 15 is 0 Å². The number of hydrogen-bond donors (Lipinski definition) is 2. The molecule has 0 unspecified atom stereocenters. The summed E-state index contributed by atoms with van der Waals surface area (Å²) in [5, 5.41) is 3.91. The zero-order valence-corrected chi connectivity index (χ0v) is 15.6. The molecular formula is C17H18FN7OS. The summed E-state index contributed by atoms with van der Waals surface area (Å²) in [5.74, 6) is -0.341. The number of hydrogen-bond acceptors (Lipinski definition) is 8. The van der Waals surface area contributed by atoms with E-state index in [9.17, 15) is 9.18 Å². The van der Waals surface area contributed by atoms with Crippen LogP contribution in [0.25, 0.3) is 10.3 Å². The molecule has 0 bridgehead atoms. The van der Waals surface area contributed by atoms with Crippen molar-refractivity contribution >= 4 is 33.5 Å². The lowest BCUT2D eigenvalue weighted by Gasteiger charge is -2.36.